The van der Waals surface area contributed by atoms with Crippen molar-refractivity contribution >= 4 is 11.3 Å². The number of aliphatic hydroxyl groups is 1. The van der Waals surface area contributed by atoms with Crippen LogP contribution in [0.4, 0.5) is 0 Å². The number of nitrogens with one attached hydrogen (secondary N) is 1. The number of hydrogen-bond donors (Lipinski definition) is 2. The molecule has 0 aliphatic rings. The maximum absolute atomic E-state index is 9.91. The second-order valence-corrected chi connectivity index (χ2v) is 4.90. The number of thiophene rings is 1. The second-order valence-electron chi connectivity index (χ2n) is 3.99. The second kappa shape index (κ2) is 4.91. The molecule has 1 heterocycles. The van der Waals surface area contributed by atoms with Gasteiger partial charge in [0.25, 0.3) is 0 Å². The molecule has 1 aromatic heterocycles. The highest BCUT2D eigenvalue weighted by Gasteiger charge is 2.13. The Hall–Kier alpha value is -0.380. The molecule has 2 N–H and O–H groups in total. The van der Waals surface area contributed by atoms with Gasteiger partial charge in [0.05, 0.1) is 0 Å². The minimum atomic E-state index is -0.365. The van der Waals surface area contributed by atoms with E-state index < -0.39 is 0 Å². The maximum atomic E-state index is 9.91. The van der Waals surface area contributed by atoms with Crippen molar-refractivity contribution in [3.8, 4) is 0 Å². The molecule has 80 valence electrons. The van der Waals surface area contributed by atoms with Crippen LogP contribution < -0.4 is 5.32 Å². The maximum Gasteiger partial charge on any atom is 0.101 e. The lowest BCUT2D eigenvalue weighted by Gasteiger charge is -2.13. The van der Waals surface area contributed by atoms with E-state index in [1.54, 1.807) is 11.3 Å². The molecule has 1 rings (SSSR count). The van der Waals surface area contributed by atoms with Gasteiger partial charge in [0.1, 0.15) is 6.10 Å². The predicted molar refractivity (Wildman–Crippen MR) is 61.9 cm³/mol. The van der Waals surface area contributed by atoms with E-state index in [0.717, 1.165) is 4.88 Å². The molecule has 0 saturated heterocycles. The normalized spacial score (nSPS) is 13.6. The van der Waals surface area contributed by atoms with Gasteiger partial charge in [-0.25, -0.2) is 0 Å². The first-order valence-corrected chi connectivity index (χ1v) is 5.86. The molecule has 0 bridgehead atoms. The van der Waals surface area contributed by atoms with Crippen molar-refractivity contribution in [3.63, 3.8) is 0 Å². The van der Waals surface area contributed by atoms with E-state index in [0.29, 0.717) is 12.6 Å². The zero-order chi connectivity index (χ0) is 10.7. The molecule has 1 unspecified atom stereocenters. The monoisotopic (exact) mass is 213 g/mol. The van der Waals surface area contributed by atoms with Crippen LogP contribution in [0.25, 0.3) is 0 Å². The Morgan fingerprint density at radius 3 is 2.50 bits per heavy atom. The zero-order valence-corrected chi connectivity index (χ0v) is 10.1. The largest absolute Gasteiger partial charge is 0.386 e. The first-order valence-electron chi connectivity index (χ1n) is 4.98. The van der Waals surface area contributed by atoms with Crippen molar-refractivity contribution in [2.75, 3.05) is 6.54 Å². The summed E-state index contributed by atoms with van der Waals surface area (Å²) in [4.78, 5) is 1.09. The van der Waals surface area contributed by atoms with Crippen LogP contribution in [0.15, 0.2) is 5.38 Å². The number of aliphatic hydroxyl groups excluding tert-OH is 1. The minimum Gasteiger partial charge on any atom is -0.386 e. The third-order valence-electron chi connectivity index (χ3n) is 2.35. The van der Waals surface area contributed by atoms with Crippen molar-refractivity contribution in [3.05, 3.63) is 21.4 Å². The molecule has 0 radical (unpaired) electrons. The molecule has 0 fully saturated rings. The van der Waals surface area contributed by atoms with Crippen molar-refractivity contribution < 1.29 is 5.11 Å². The number of aryl methyl sites for hydroxylation is 1. The van der Waals surface area contributed by atoms with Gasteiger partial charge in [0, 0.05) is 17.5 Å². The fourth-order valence-corrected chi connectivity index (χ4v) is 2.35. The molecular formula is C11H19NOS. The lowest BCUT2D eigenvalue weighted by atomic mass is 10.1. The lowest BCUT2D eigenvalue weighted by molar-refractivity contribution is 0.174. The van der Waals surface area contributed by atoms with Gasteiger partial charge < -0.3 is 10.4 Å². The van der Waals surface area contributed by atoms with E-state index in [-0.39, 0.29) is 6.10 Å². The van der Waals surface area contributed by atoms with Crippen LogP contribution in [0.5, 0.6) is 0 Å². The van der Waals surface area contributed by atoms with E-state index in [2.05, 4.69) is 38.4 Å². The Labute approximate surface area is 90.0 Å². The summed E-state index contributed by atoms with van der Waals surface area (Å²) in [5.41, 5.74) is 2.50. The molecule has 0 aliphatic heterocycles. The molecule has 1 aromatic rings. The van der Waals surface area contributed by atoms with Gasteiger partial charge >= 0.3 is 0 Å². The van der Waals surface area contributed by atoms with Crippen LogP contribution in [-0.4, -0.2) is 17.7 Å². The van der Waals surface area contributed by atoms with Gasteiger partial charge in [-0.05, 0) is 30.4 Å². The van der Waals surface area contributed by atoms with Crippen LogP contribution in [0, 0.1) is 13.8 Å². The van der Waals surface area contributed by atoms with Crippen molar-refractivity contribution in [2.24, 2.45) is 0 Å². The molecule has 1 atom stereocenters. The Bertz CT molecular complexity index is 293. The molecule has 0 saturated carbocycles. The number of hydrogen-bond acceptors (Lipinski definition) is 3. The van der Waals surface area contributed by atoms with Crippen LogP contribution in [0.1, 0.15) is 36.0 Å². The van der Waals surface area contributed by atoms with Crippen LogP contribution in [-0.2, 0) is 0 Å². The highest BCUT2D eigenvalue weighted by atomic mass is 32.1. The van der Waals surface area contributed by atoms with Crippen LogP contribution >= 0.6 is 11.3 Å². The van der Waals surface area contributed by atoms with Crippen molar-refractivity contribution in [1.82, 2.24) is 5.32 Å². The standard InChI is InChI=1S/C11H19NOS/c1-7(2)12-5-10(13)11-9(4)8(3)6-14-11/h6-7,10,12-13H,5H2,1-4H3. The van der Waals surface area contributed by atoms with E-state index >= 15 is 0 Å². The summed E-state index contributed by atoms with van der Waals surface area (Å²) in [7, 11) is 0. The molecule has 0 spiro atoms. The van der Waals surface area contributed by atoms with E-state index in [4.69, 9.17) is 0 Å². The summed E-state index contributed by atoms with van der Waals surface area (Å²) in [6.07, 6.45) is -0.365. The van der Waals surface area contributed by atoms with E-state index in [9.17, 15) is 5.11 Å². The SMILES string of the molecule is Cc1csc(C(O)CNC(C)C)c1C. The minimum absolute atomic E-state index is 0.365. The molecule has 0 aromatic carbocycles. The summed E-state index contributed by atoms with van der Waals surface area (Å²) in [5.74, 6) is 0. The summed E-state index contributed by atoms with van der Waals surface area (Å²) < 4.78 is 0. The third-order valence-corrected chi connectivity index (χ3v) is 3.65. The summed E-state index contributed by atoms with van der Waals surface area (Å²) in [5, 5.41) is 15.2. The smallest absolute Gasteiger partial charge is 0.101 e. The highest BCUT2D eigenvalue weighted by Crippen LogP contribution is 2.26. The first-order chi connectivity index (χ1) is 6.52. The van der Waals surface area contributed by atoms with Gasteiger partial charge in [0.2, 0.25) is 0 Å². The average Bonchev–Trinajstić information content (AvgIpc) is 2.44. The molecule has 0 aliphatic carbocycles. The third kappa shape index (κ3) is 2.80. The number of rotatable bonds is 4. The summed E-state index contributed by atoms with van der Waals surface area (Å²) in [6, 6.07) is 0.422. The fourth-order valence-electron chi connectivity index (χ4n) is 1.29. The first kappa shape index (κ1) is 11.7. The van der Waals surface area contributed by atoms with E-state index in [1.807, 2.05) is 0 Å². The van der Waals surface area contributed by atoms with Crippen LogP contribution in [0.3, 0.4) is 0 Å². The highest BCUT2D eigenvalue weighted by molar-refractivity contribution is 7.10. The van der Waals surface area contributed by atoms with Crippen molar-refractivity contribution in [2.45, 2.75) is 39.8 Å². The average molecular weight is 213 g/mol. The molecule has 3 heteroatoms. The topological polar surface area (TPSA) is 32.3 Å². The van der Waals surface area contributed by atoms with Crippen LogP contribution in [0.2, 0.25) is 0 Å². The van der Waals surface area contributed by atoms with Gasteiger partial charge in [0.15, 0.2) is 0 Å². The van der Waals surface area contributed by atoms with Gasteiger partial charge in [-0.3, -0.25) is 0 Å². The molecule has 2 nitrogen and oxygen atoms in total. The fraction of sp³-hybridized carbons (Fsp3) is 0.636. The lowest BCUT2D eigenvalue weighted by Crippen LogP contribution is -2.27. The molecular weight excluding hydrogens is 194 g/mol. The summed E-state index contributed by atoms with van der Waals surface area (Å²) >= 11 is 1.65. The molecule has 0 amide bonds. The summed E-state index contributed by atoms with van der Waals surface area (Å²) in [6.45, 7) is 8.95. The zero-order valence-electron chi connectivity index (χ0n) is 9.29. The van der Waals surface area contributed by atoms with E-state index in [1.165, 1.54) is 11.1 Å². The predicted octanol–water partition coefficient (Wildman–Crippen LogP) is 2.40. The quantitative estimate of drug-likeness (QED) is 0.805. The Morgan fingerprint density at radius 1 is 1.43 bits per heavy atom. The Morgan fingerprint density at radius 2 is 2.07 bits per heavy atom. The van der Waals surface area contributed by atoms with Gasteiger partial charge in [-0.1, -0.05) is 13.8 Å². The Kier molecular flexibility index (Phi) is 4.11. The Balaban J connectivity index is 2.60. The van der Waals surface area contributed by atoms with Crippen molar-refractivity contribution in [1.29, 1.82) is 0 Å². The molecule has 14 heavy (non-hydrogen) atoms. The van der Waals surface area contributed by atoms with Gasteiger partial charge in [-0.15, -0.1) is 11.3 Å². The van der Waals surface area contributed by atoms with Gasteiger partial charge in [-0.2, -0.15) is 0 Å².